The second-order valence-electron chi connectivity index (χ2n) is 5.54. The molecule has 3 rings (SSSR count). The highest BCUT2D eigenvalue weighted by atomic mass is 16.5. The molecular formula is C18H19NO3. The minimum Gasteiger partial charge on any atom is -0.497 e. The maximum atomic E-state index is 10.9. The first kappa shape index (κ1) is 14.4. The standard InChI is InChI=1S/C18H19NO3/c1-22-15-8-5-12(6-9-15)13-7-10-16-14(11-13)3-2-4-17(16)19-18(20)21/h5-11,17,19H,2-4H2,1H3,(H,20,21). The average Bonchev–Trinajstić information content (AvgIpc) is 2.54. The molecule has 22 heavy (non-hydrogen) atoms. The second-order valence-corrected chi connectivity index (χ2v) is 5.54. The van der Waals surface area contributed by atoms with Gasteiger partial charge >= 0.3 is 6.09 Å². The molecule has 0 saturated carbocycles. The number of nitrogens with one attached hydrogen (secondary N) is 1. The van der Waals surface area contributed by atoms with E-state index in [1.54, 1.807) is 7.11 Å². The lowest BCUT2D eigenvalue weighted by atomic mass is 9.86. The van der Waals surface area contributed by atoms with Crippen LogP contribution in [0.4, 0.5) is 4.79 Å². The quantitative estimate of drug-likeness (QED) is 0.900. The Balaban J connectivity index is 1.91. The van der Waals surface area contributed by atoms with E-state index < -0.39 is 6.09 Å². The number of carboxylic acid groups (broad SMARTS) is 1. The van der Waals surface area contributed by atoms with Crippen molar-refractivity contribution in [1.82, 2.24) is 5.32 Å². The molecule has 2 aromatic rings. The molecule has 0 heterocycles. The van der Waals surface area contributed by atoms with Gasteiger partial charge in [0.1, 0.15) is 5.75 Å². The molecule has 0 aromatic heterocycles. The summed E-state index contributed by atoms with van der Waals surface area (Å²) in [4.78, 5) is 10.9. The van der Waals surface area contributed by atoms with E-state index in [-0.39, 0.29) is 6.04 Å². The van der Waals surface area contributed by atoms with Gasteiger partial charge in [0.2, 0.25) is 0 Å². The summed E-state index contributed by atoms with van der Waals surface area (Å²) in [5.41, 5.74) is 4.62. The van der Waals surface area contributed by atoms with Crippen LogP contribution in [-0.4, -0.2) is 18.3 Å². The molecule has 2 N–H and O–H groups in total. The molecular weight excluding hydrogens is 278 g/mol. The monoisotopic (exact) mass is 297 g/mol. The van der Waals surface area contributed by atoms with Gasteiger partial charge in [0.15, 0.2) is 0 Å². The number of hydrogen-bond donors (Lipinski definition) is 2. The van der Waals surface area contributed by atoms with Gasteiger partial charge in [-0.1, -0.05) is 30.3 Å². The van der Waals surface area contributed by atoms with Crippen molar-refractivity contribution in [2.24, 2.45) is 0 Å². The maximum Gasteiger partial charge on any atom is 0.405 e. The number of carbonyl (C=O) groups is 1. The lowest BCUT2D eigenvalue weighted by Crippen LogP contribution is -2.29. The Bertz CT molecular complexity index is 679. The van der Waals surface area contributed by atoms with Crippen molar-refractivity contribution < 1.29 is 14.6 Å². The zero-order valence-electron chi connectivity index (χ0n) is 12.5. The van der Waals surface area contributed by atoms with Crippen LogP contribution in [0.1, 0.15) is 30.0 Å². The molecule has 0 bridgehead atoms. The van der Waals surface area contributed by atoms with Crippen LogP contribution in [0.5, 0.6) is 5.75 Å². The number of methoxy groups -OCH3 is 1. The number of aryl methyl sites for hydroxylation is 1. The third-order valence-corrected chi connectivity index (χ3v) is 4.18. The fraction of sp³-hybridized carbons (Fsp3) is 0.278. The van der Waals surface area contributed by atoms with Crippen molar-refractivity contribution in [2.45, 2.75) is 25.3 Å². The van der Waals surface area contributed by atoms with E-state index in [2.05, 4.69) is 23.5 Å². The molecule has 0 aliphatic heterocycles. The van der Waals surface area contributed by atoms with Gasteiger partial charge in [0, 0.05) is 0 Å². The summed E-state index contributed by atoms with van der Waals surface area (Å²) >= 11 is 0. The Labute approximate surface area is 129 Å². The van der Waals surface area contributed by atoms with Crippen LogP contribution < -0.4 is 10.1 Å². The zero-order chi connectivity index (χ0) is 15.5. The highest BCUT2D eigenvalue weighted by Gasteiger charge is 2.21. The van der Waals surface area contributed by atoms with E-state index in [1.807, 2.05) is 24.3 Å². The van der Waals surface area contributed by atoms with Crippen LogP contribution in [0.25, 0.3) is 11.1 Å². The van der Waals surface area contributed by atoms with Gasteiger partial charge in [-0.3, -0.25) is 0 Å². The van der Waals surface area contributed by atoms with E-state index in [0.29, 0.717) is 0 Å². The number of benzene rings is 2. The molecule has 0 spiro atoms. The highest BCUT2D eigenvalue weighted by molar-refractivity contribution is 5.68. The van der Waals surface area contributed by atoms with Gasteiger partial charge in [-0.25, -0.2) is 4.79 Å². The minimum atomic E-state index is -0.961. The first-order valence-corrected chi connectivity index (χ1v) is 7.44. The van der Waals surface area contributed by atoms with Gasteiger partial charge in [-0.15, -0.1) is 0 Å². The van der Waals surface area contributed by atoms with Gasteiger partial charge in [-0.05, 0) is 53.6 Å². The Morgan fingerprint density at radius 2 is 1.91 bits per heavy atom. The summed E-state index contributed by atoms with van der Waals surface area (Å²) in [6.07, 6.45) is 1.90. The minimum absolute atomic E-state index is 0.0915. The molecule has 4 heteroatoms. The Kier molecular flexibility index (Phi) is 4.00. The number of ether oxygens (including phenoxy) is 1. The van der Waals surface area contributed by atoms with Gasteiger partial charge in [-0.2, -0.15) is 0 Å². The molecule has 0 radical (unpaired) electrons. The molecule has 1 aliphatic rings. The molecule has 1 aliphatic carbocycles. The van der Waals surface area contributed by atoms with E-state index in [0.717, 1.165) is 41.7 Å². The second kappa shape index (κ2) is 6.10. The lowest BCUT2D eigenvalue weighted by molar-refractivity contribution is 0.188. The van der Waals surface area contributed by atoms with Gasteiger partial charge in [0.05, 0.1) is 13.2 Å². The molecule has 0 saturated heterocycles. The third kappa shape index (κ3) is 2.91. The molecule has 0 fully saturated rings. The fourth-order valence-corrected chi connectivity index (χ4v) is 3.08. The van der Waals surface area contributed by atoms with E-state index in [4.69, 9.17) is 9.84 Å². The molecule has 114 valence electrons. The lowest BCUT2D eigenvalue weighted by Gasteiger charge is -2.26. The summed E-state index contributed by atoms with van der Waals surface area (Å²) in [6.45, 7) is 0. The van der Waals surface area contributed by atoms with Crippen LogP contribution >= 0.6 is 0 Å². The summed E-state index contributed by atoms with van der Waals surface area (Å²) < 4.78 is 5.18. The number of fused-ring (bicyclic) bond motifs is 1. The average molecular weight is 297 g/mol. The summed E-state index contributed by atoms with van der Waals surface area (Å²) in [5.74, 6) is 0.840. The van der Waals surface area contributed by atoms with E-state index in [9.17, 15) is 4.79 Å². The molecule has 2 aromatic carbocycles. The molecule has 1 amide bonds. The fourth-order valence-electron chi connectivity index (χ4n) is 3.08. The Hall–Kier alpha value is -2.49. The number of rotatable bonds is 3. The van der Waals surface area contributed by atoms with Crippen LogP contribution in [0.3, 0.4) is 0 Å². The third-order valence-electron chi connectivity index (χ3n) is 4.18. The molecule has 1 unspecified atom stereocenters. The number of amides is 1. The topological polar surface area (TPSA) is 58.6 Å². The predicted octanol–water partition coefficient (Wildman–Crippen LogP) is 4.01. The normalized spacial score (nSPS) is 16.7. The first-order chi connectivity index (χ1) is 10.7. The smallest absolute Gasteiger partial charge is 0.405 e. The SMILES string of the molecule is COc1ccc(-c2ccc3c(c2)CCCC3NC(=O)O)cc1. The summed E-state index contributed by atoms with van der Waals surface area (Å²) in [6, 6.07) is 14.2. The number of hydrogen-bond acceptors (Lipinski definition) is 2. The summed E-state index contributed by atoms with van der Waals surface area (Å²) in [5, 5.41) is 11.6. The predicted molar refractivity (Wildman–Crippen MR) is 85.3 cm³/mol. The first-order valence-electron chi connectivity index (χ1n) is 7.44. The molecule has 1 atom stereocenters. The van der Waals surface area contributed by atoms with Crippen LogP contribution in [-0.2, 0) is 6.42 Å². The van der Waals surface area contributed by atoms with Gasteiger partial charge in [0.25, 0.3) is 0 Å². The largest absolute Gasteiger partial charge is 0.497 e. The van der Waals surface area contributed by atoms with Crippen molar-refractivity contribution in [3.05, 3.63) is 53.6 Å². The maximum absolute atomic E-state index is 10.9. The van der Waals surface area contributed by atoms with Crippen molar-refractivity contribution >= 4 is 6.09 Å². The van der Waals surface area contributed by atoms with Crippen molar-refractivity contribution in [3.63, 3.8) is 0 Å². The van der Waals surface area contributed by atoms with Crippen molar-refractivity contribution in [3.8, 4) is 16.9 Å². The van der Waals surface area contributed by atoms with Crippen LogP contribution in [0.15, 0.2) is 42.5 Å². The van der Waals surface area contributed by atoms with Gasteiger partial charge < -0.3 is 15.2 Å². The zero-order valence-corrected chi connectivity index (χ0v) is 12.5. The van der Waals surface area contributed by atoms with Crippen LogP contribution in [0, 0.1) is 0 Å². The Morgan fingerprint density at radius 1 is 1.18 bits per heavy atom. The van der Waals surface area contributed by atoms with E-state index in [1.165, 1.54) is 5.56 Å². The summed E-state index contributed by atoms with van der Waals surface area (Å²) in [7, 11) is 1.66. The van der Waals surface area contributed by atoms with Crippen LogP contribution in [0.2, 0.25) is 0 Å². The molecule has 4 nitrogen and oxygen atoms in total. The highest BCUT2D eigenvalue weighted by Crippen LogP contribution is 2.33. The van der Waals surface area contributed by atoms with E-state index >= 15 is 0 Å². The van der Waals surface area contributed by atoms with Crippen molar-refractivity contribution in [1.29, 1.82) is 0 Å². The van der Waals surface area contributed by atoms with Crippen molar-refractivity contribution in [2.75, 3.05) is 7.11 Å². The Morgan fingerprint density at radius 3 is 2.59 bits per heavy atom.